The maximum atomic E-state index is 4.52. The van der Waals surface area contributed by atoms with Crippen molar-refractivity contribution < 1.29 is 0 Å². The third-order valence-corrected chi connectivity index (χ3v) is 5.75. The number of allylic oxidation sites excluding steroid dienone is 2. The Morgan fingerprint density at radius 3 is 2.76 bits per heavy atom. The molecule has 3 unspecified atom stereocenters. The number of halogens is 2. The zero-order valence-electron chi connectivity index (χ0n) is 14.5. The quantitative estimate of drug-likeness (QED) is 0.216. The van der Waals surface area contributed by atoms with Crippen molar-refractivity contribution in [2.75, 3.05) is 0 Å². The van der Waals surface area contributed by atoms with Gasteiger partial charge in [-0.25, -0.2) is 0 Å². The van der Waals surface area contributed by atoms with Crippen molar-refractivity contribution in [1.82, 2.24) is 16.0 Å². The van der Waals surface area contributed by atoms with Crippen molar-refractivity contribution in [3.05, 3.63) is 57.8 Å². The zero-order chi connectivity index (χ0) is 17.8. The lowest BCUT2D eigenvalue weighted by molar-refractivity contribution is 0.412. The number of benzene rings is 1. The smallest absolute Gasteiger partial charge is 0.175 e. The average molecular weight is 515 g/mol. The van der Waals surface area contributed by atoms with Crippen LogP contribution in [0.4, 0.5) is 0 Å². The van der Waals surface area contributed by atoms with Gasteiger partial charge in [-0.3, -0.25) is 10.3 Å². The van der Waals surface area contributed by atoms with Crippen LogP contribution >= 0.6 is 38.5 Å². The van der Waals surface area contributed by atoms with Crippen LogP contribution in [0, 0.1) is 5.92 Å². The molecule has 0 aromatic heterocycles. The topological polar surface area (TPSA) is 48.5 Å². The van der Waals surface area contributed by atoms with E-state index in [1.54, 1.807) is 0 Å². The molecule has 6 heteroatoms. The summed E-state index contributed by atoms with van der Waals surface area (Å²) in [6, 6.07) is 10.6. The van der Waals surface area contributed by atoms with Crippen molar-refractivity contribution in [3.8, 4) is 0 Å². The van der Waals surface area contributed by atoms with Gasteiger partial charge in [-0.2, -0.15) is 0 Å². The molecule has 1 heterocycles. The molecule has 1 aromatic carbocycles. The molecule has 3 N–H and O–H groups in total. The highest BCUT2D eigenvalue weighted by molar-refractivity contribution is 14.1. The second-order valence-electron chi connectivity index (χ2n) is 6.58. The van der Waals surface area contributed by atoms with Crippen LogP contribution in [0.3, 0.4) is 0 Å². The van der Waals surface area contributed by atoms with E-state index in [0.29, 0.717) is 0 Å². The fourth-order valence-electron chi connectivity index (χ4n) is 2.80. The third kappa shape index (κ3) is 5.56. The van der Waals surface area contributed by atoms with Gasteiger partial charge in [0.25, 0.3) is 0 Å². The molecule has 134 valence electrons. The fraction of sp³-hybridized carbons (Fsp3) is 0.421. The normalized spacial score (nSPS) is 23.2. The highest BCUT2D eigenvalue weighted by atomic mass is 127. The lowest BCUT2D eigenvalue weighted by atomic mass is 10.1. The first-order chi connectivity index (χ1) is 12.0. The molecule has 3 rings (SSSR count). The fourth-order valence-corrected chi connectivity index (χ4v) is 4.03. The summed E-state index contributed by atoms with van der Waals surface area (Å²) in [5, 5.41) is 10.5. The molecule has 4 nitrogen and oxygen atoms in total. The maximum absolute atomic E-state index is 4.52. The summed E-state index contributed by atoms with van der Waals surface area (Å²) in [4.78, 5) is 4.52. The van der Waals surface area contributed by atoms with Crippen LogP contribution < -0.4 is 16.0 Å². The summed E-state index contributed by atoms with van der Waals surface area (Å²) in [5.41, 5.74) is 2.73. The van der Waals surface area contributed by atoms with E-state index in [0.717, 1.165) is 16.2 Å². The van der Waals surface area contributed by atoms with Crippen molar-refractivity contribution >= 4 is 44.7 Å². The highest BCUT2D eigenvalue weighted by Crippen LogP contribution is 2.36. The first kappa shape index (κ1) is 18.9. The van der Waals surface area contributed by atoms with E-state index in [9.17, 15) is 0 Å². The Morgan fingerprint density at radius 1 is 1.36 bits per heavy atom. The Bertz CT molecular complexity index is 682. The van der Waals surface area contributed by atoms with E-state index in [1.165, 1.54) is 24.0 Å². The van der Waals surface area contributed by atoms with Gasteiger partial charge in [-0.1, -0.05) is 64.6 Å². The molecule has 1 saturated carbocycles. The molecule has 1 aromatic rings. The summed E-state index contributed by atoms with van der Waals surface area (Å²) in [6.45, 7) is 4.38. The minimum absolute atomic E-state index is 0.156. The molecular formula is C19H24BrIN4. The molecule has 0 saturated heterocycles. The van der Waals surface area contributed by atoms with Gasteiger partial charge in [-0.15, -0.1) is 0 Å². The summed E-state index contributed by atoms with van der Waals surface area (Å²) in [7, 11) is 0. The van der Waals surface area contributed by atoms with Crippen molar-refractivity contribution in [2.45, 2.75) is 43.1 Å². The lowest BCUT2D eigenvalue weighted by Crippen LogP contribution is -2.47. The van der Waals surface area contributed by atoms with Gasteiger partial charge in [0.15, 0.2) is 6.29 Å². The lowest BCUT2D eigenvalue weighted by Gasteiger charge is -2.28. The minimum Gasteiger partial charge on any atom is -0.356 e. The van der Waals surface area contributed by atoms with Crippen LogP contribution in [0.15, 0.2) is 57.3 Å². The monoisotopic (exact) mass is 514 g/mol. The number of nitrogens with zero attached hydrogens (tertiary/aromatic N) is 1. The second kappa shape index (κ2) is 8.68. The SMILES string of the molecule is C/C(=C\C(I)NC1=C(Br)C=NC(NC(C)c2ccccc2)N1)C1CC1. The van der Waals surface area contributed by atoms with E-state index < -0.39 is 0 Å². The zero-order valence-corrected chi connectivity index (χ0v) is 18.2. The highest BCUT2D eigenvalue weighted by Gasteiger charge is 2.24. The minimum atomic E-state index is -0.156. The van der Waals surface area contributed by atoms with Gasteiger partial charge in [0.05, 0.1) is 8.53 Å². The van der Waals surface area contributed by atoms with Gasteiger partial charge in [0.1, 0.15) is 5.82 Å². The van der Waals surface area contributed by atoms with Crippen molar-refractivity contribution in [1.29, 1.82) is 0 Å². The predicted octanol–water partition coefficient (Wildman–Crippen LogP) is 4.57. The number of alkyl halides is 1. The van der Waals surface area contributed by atoms with Crippen LogP contribution in [0.25, 0.3) is 0 Å². The third-order valence-electron chi connectivity index (χ3n) is 4.48. The van der Waals surface area contributed by atoms with Gasteiger partial charge < -0.3 is 10.6 Å². The second-order valence-corrected chi connectivity index (χ2v) is 8.77. The molecule has 1 fully saturated rings. The van der Waals surface area contributed by atoms with Gasteiger partial charge in [0, 0.05) is 12.3 Å². The molecule has 2 aliphatic rings. The number of rotatable bonds is 7. The van der Waals surface area contributed by atoms with E-state index in [4.69, 9.17) is 0 Å². The predicted molar refractivity (Wildman–Crippen MR) is 117 cm³/mol. The van der Waals surface area contributed by atoms with Crippen LogP contribution in [-0.4, -0.2) is 16.6 Å². The Labute approximate surface area is 171 Å². The van der Waals surface area contributed by atoms with E-state index in [2.05, 4.69) is 104 Å². The van der Waals surface area contributed by atoms with Crippen molar-refractivity contribution in [3.63, 3.8) is 0 Å². The molecule has 0 spiro atoms. The number of aliphatic imine (C=N–C) groups is 1. The van der Waals surface area contributed by atoms with E-state index in [1.807, 2.05) is 12.3 Å². The molecule has 0 bridgehead atoms. The van der Waals surface area contributed by atoms with Gasteiger partial charge >= 0.3 is 0 Å². The van der Waals surface area contributed by atoms with Crippen LogP contribution in [0.5, 0.6) is 0 Å². The summed E-state index contributed by atoms with van der Waals surface area (Å²) in [5.74, 6) is 1.77. The summed E-state index contributed by atoms with van der Waals surface area (Å²) < 4.78 is 1.18. The maximum Gasteiger partial charge on any atom is 0.175 e. The molecule has 0 amide bonds. The molecular weight excluding hydrogens is 491 g/mol. The first-order valence-electron chi connectivity index (χ1n) is 8.62. The number of hydrogen-bond donors (Lipinski definition) is 3. The Morgan fingerprint density at radius 2 is 2.08 bits per heavy atom. The molecule has 1 aliphatic carbocycles. The first-order valence-corrected chi connectivity index (χ1v) is 10.7. The van der Waals surface area contributed by atoms with Crippen LogP contribution in [-0.2, 0) is 0 Å². The van der Waals surface area contributed by atoms with Gasteiger partial charge in [-0.05, 0) is 54.1 Å². The number of hydrogen-bond acceptors (Lipinski definition) is 4. The number of nitrogens with one attached hydrogen (secondary N) is 3. The van der Waals surface area contributed by atoms with Crippen LogP contribution in [0.2, 0.25) is 0 Å². The van der Waals surface area contributed by atoms with Crippen LogP contribution in [0.1, 0.15) is 38.3 Å². The largest absolute Gasteiger partial charge is 0.356 e. The Balaban J connectivity index is 1.58. The summed E-state index contributed by atoms with van der Waals surface area (Å²) in [6.07, 6.45) is 6.69. The summed E-state index contributed by atoms with van der Waals surface area (Å²) >= 11 is 6.01. The van der Waals surface area contributed by atoms with E-state index >= 15 is 0 Å². The standard InChI is InChI=1S/C19H24BrIN4/c1-12(14-8-9-14)10-17(21)24-18-16(20)11-22-19(25-18)23-13(2)15-6-4-3-5-7-15/h3-7,10-11,13-14,17,19,23-25H,8-9H2,1-2H3/b12-10+. The molecule has 1 aliphatic heterocycles. The van der Waals surface area contributed by atoms with Gasteiger partial charge in [0.2, 0.25) is 0 Å². The average Bonchev–Trinajstić information content (AvgIpc) is 3.43. The molecule has 25 heavy (non-hydrogen) atoms. The van der Waals surface area contributed by atoms with Crippen molar-refractivity contribution in [2.24, 2.45) is 10.9 Å². The Hall–Kier alpha value is -0.860. The Kier molecular flexibility index (Phi) is 6.57. The molecule has 0 radical (unpaired) electrons. The van der Waals surface area contributed by atoms with E-state index in [-0.39, 0.29) is 16.4 Å². The molecule has 3 atom stereocenters.